The van der Waals surface area contributed by atoms with E-state index in [9.17, 15) is 4.79 Å². The zero-order valence-corrected chi connectivity index (χ0v) is 8.01. The Morgan fingerprint density at radius 3 is 3.00 bits per heavy atom. The van der Waals surface area contributed by atoms with Crippen LogP contribution in [0.25, 0.3) is 0 Å². The summed E-state index contributed by atoms with van der Waals surface area (Å²) in [5.41, 5.74) is 0. The highest BCUT2D eigenvalue weighted by Gasteiger charge is 2.17. The monoisotopic (exact) mass is 191 g/mol. The second-order valence-corrected chi connectivity index (χ2v) is 3.54. The number of amides is 1. The molecule has 1 amide bonds. The molecular formula is C8H14ClNO2. The first-order chi connectivity index (χ1) is 5.70. The van der Waals surface area contributed by atoms with Gasteiger partial charge in [0.15, 0.2) is 0 Å². The summed E-state index contributed by atoms with van der Waals surface area (Å²) in [6, 6.07) is 0. The minimum Gasteiger partial charge on any atom is -0.381 e. The molecule has 0 aromatic rings. The van der Waals surface area contributed by atoms with Gasteiger partial charge in [-0.1, -0.05) is 0 Å². The molecule has 4 heteroatoms. The summed E-state index contributed by atoms with van der Waals surface area (Å²) in [5, 5.41) is -0.388. The van der Waals surface area contributed by atoms with Crippen molar-refractivity contribution in [2.45, 2.75) is 12.8 Å². The maximum atomic E-state index is 10.7. The summed E-state index contributed by atoms with van der Waals surface area (Å²) in [4.78, 5) is 12.2. The van der Waals surface area contributed by atoms with Gasteiger partial charge >= 0.3 is 5.37 Å². The average molecular weight is 192 g/mol. The van der Waals surface area contributed by atoms with Crippen LogP contribution in [0.15, 0.2) is 0 Å². The molecular weight excluding hydrogens is 178 g/mol. The first kappa shape index (κ1) is 9.81. The van der Waals surface area contributed by atoms with Crippen molar-refractivity contribution in [3.63, 3.8) is 0 Å². The van der Waals surface area contributed by atoms with E-state index in [0.29, 0.717) is 12.5 Å². The number of carbonyl (C=O) groups excluding carboxylic acids is 1. The predicted octanol–water partition coefficient (Wildman–Crippen LogP) is 1.70. The molecule has 0 saturated carbocycles. The van der Waals surface area contributed by atoms with Gasteiger partial charge in [-0.25, -0.2) is 0 Å². The van der Waals surface area contributed by atoms with Crippen LogP contribution in [0.5, 0.6) is 0 Å². The van der Waals surface area contributed by atoms with Crippen LogP contribution in [-0.4, -0.2) is 37.1 Å². The van der Waals surface area contributed by atoms with Crippen molar-refractivity contribution in [1.29, 1.82) is 0 Å². The molecule has 1 rings (SSSR count). The maximum Gasteiger partial charge on any atom is 0.316 e. The molecule has 12 heavy (non-hydrogen) atoms. The predicted molar refractivity (Wildman–Crippen MR) is 47.4 cm³/mol. The summed E-state index contributed by atoms with van der Waals surface area (Å²) >= 11 is 5.29. The van der Waals surface area contributed by atoms with Crippen molar-refractivity contribution in [2.24, 2.45) is 5.92 Å². The van der Waals surface area contributed by atoms with Gasteiger partial charge in [-0.15, -0.1) is 0 Å². The number of ether oxygens (including phenoxy) is 1. The molecule has 1 saturated heterocycles. The first-order valence-electron chi connectivity index (χ1n) is 4.18. The minimum absolute atomic E-state index is 0.388. The third-order valence-electron chi connectivity index (χ3n) is 2.09. The van der Waals surface area contributed by atoms with E-state index in [4.69, 9.17) is 16.3 Å². The highest BCUT2D eigenvalue weighted by atomic mass is 35.5. The number of nitrogens with zero attached hydrogens (tertiary/aromatic N) is 1. The summed E-state index contributed by atoms with van der Waals surface area (Å²) in [6.07, 6.45) is 2.23. The summed E-state index contributed by atoms with van der Waals surface area (Å²) in [7, 11) is 1.71. The lowest BCUT2D eigenvalue weighted by molar-refractivity contribution is 0.0469. The molecule has 1 heterocycles. The number of halogens is 1. The van der Waals surface area contributed by atoms with Crippen LogP contribution in [0.4, 0.5) is 4.79 Å². The largest absolute Gasteiger partial charge is 0.381 e. The van der Waals surface area contributed by atoms with Crippen molar-refractivity contribution in [3.8, 4) is 0 Å². The highest BCUT2D eigenvalue weighted by molar-refractivity contribution is 6.62. The fourth-order valence-electron chi connectivity index (χ4n) is 1.41. The van der Waals surface area contributed by atoms with Gasteiger partial charge in [-0.05, 0) is 30.4 Å². The highest BCUT2D eigenvalue weighted by Crippen LogP contribution is 2.14. The van der Waals surface area contributed by atoms with Crippen LogP contribution in [0.3, 0.4) is 0 Å². The SMILES string of the molecule is CN(CC1CCCOC1)C(=O)Cl. The van der Waals surface area contributed by atoms with E-state index in [-0.39, 0.29) is 5.37 Å². The van der Waals surface area contributed by atoms with Gasteiger partial charge < -0.3 is 9.64 Å². The third-order valence-corrected chi connectivity index (χ3v) is 2.38. The van der Waals surface area contributed by atoms with Gasteiger partial charge in [-0.3, -0.25) is 4.79 Å². The molecule has 0 aromatic heterocycles. The van der Waals surface area contributed by atoms with E-state index in [1.807, 2.05) is 0 Å². The Bertz CT molecular complexity index is 157. The van der Waals surface area contributed by atoms with Crippen LogP contribution < -0.4 is 0 Å². The Morgan fingerprint density at radius 2 is 2.50 bits per heavy atom. The maximum absolute atomic E-state index is 10.7. The van der Waals surface area contributed by atoms with Gasteiger partial charge in [0.1, 0.15) is 0 Å². The van der Waals surface area contributed by atoms with Crippen LogP contribution in [-0.2, 0) is 4.74 Å². The van der Waals surface area contributed by atoms with E-state index in [1.54, 1.807) is 7.05 Å². The summed E-state index contributed by atoms with van der Waals surface area (Å²) < 4.78 is 5.28. The van der Waals surface area contributed by atoms with Crippen molar-refractivity contribution in [1.82, 2.24) is 4.90 Å². The molecule has 0 N–H and O–H groups in total. The van der Waals surface area contributed by atoms with E-state index in [2.05, 4.69) is 0 Å². The topological polar surface area (TPSA) is 29.5 Å². The fraction of sp³-hybridized carbons (Fsp3) is 0.875. The van der Waals surface area contributed by atoms with Gasteiger partial charge in [0.25, 0.3) is 0 Å². The lowest BCUT2D eigenvalue weighted by atomic mass is 10.0. The Kier molecular flexibility index (Phi) is 3.82. The van der Waals surface area contributed by atoms with Gasteiger partial charge in [-0.2, -0.15) is 0 Å². The second-order valence-electron chi connectivity index (χ2n) is 3.22. The third kappa shape index (κ3) is 2.99. The normalized spacial score (nSPS) is 23.7. The number of hydrogen-bond donors (Lipinski definition) is 0. The van der Waals surface area contributed by atoms with Crippen LogP contribution in [0, 0.1) is 5.92 Å². The molecule has 0 aromatic carbocycles. The lowest BCUT2D eigenvalue weighted by Crippen LogP contribution is -2.32. The van der Waals surface area contributed by atoms with Crippen molar-refractivity contribution >= 4 is 17.0 Å². The quantitative estimate of drug-likeness (QED) is 0.491. The van der Waals surface area contributed by atoms with Gasteiger partial charge in [0.05, 0.1) is 6.61 Å². The number of rotatable bonds is 2. The number of carbonyl (C=O) groups is 1. The van der Waals surface area contributed by atoms with E-state index < -0.39 is 0 Å². The molecule has 1 aliphatic heterocycles. The molecule has 0 spiro atoms. The second kappa shape index (κ2) is 4.67. The zero-order chi connectivity index (χ0) is 8.97. The smallest absolute Gasteiger partial charge is 0.316 e. The Morgan fingerprint density at radius 1 is 1.75 bits per heavy atom. The molecule has 70 valence electrons. The molecule has 1 unspecified atom stereocenters. The van der Waals surface area contributed by atoms with E-state index in [1.165, 1.54) is 4.90 Å². The van der Waals surface area contributed by atoms with Crippen LogP contribution in [0.1, 0.15) is 12.8 Å². The zero-order valence-electron chi connectivity index (χ0n) is 7.25. The minimum atomic E-state index is -0.388. The summed E-state index contributed by atoms with van der Waals surface area (Å²) in [6.45, 7) is 2.33. The first-order valence-corrected chi connectivity index (χ1v) is 4.56. The average Bonchev–Trinajstić information content (AvgIpc) is 2.06. The van der Waals surface area contributed by atoms with Crippen LogP contribution in [0.2, 0.25) is 0 Å². The fourth-order valence-corrected chi connectivity index (χ4v) is 1.48. The van der Waals surface area contributed by atoms with E-state index in [0.717, 1.165) is 26.1 Å². The molecule has 1 aliphatic rings. The van der Waals surface area contributed by atoms with Gasteiger partial charge in [0.2, 0.25) is 0 Å². The Labute approximate surface area is 77.6 Å². The van der Waals surface area contributed by atoms with E-state index >= 15 is 0 Å². The standard InChI is InChI=1S/C8H14ClNO2/c1-10(8(9)11)5-7-3-2-4-12-6-7/h7H,2-6H2,1H3. The Balaban J connectivity index is 2.24. The van der Waals surface area contributed by atoms with Crippen molar-refractivity contribution < 1.29 is 9.53 Å². The van der Waals surface area contributed by atoms with Crippen molar-refractivity contribution in [2.75, 3.05) is 26.8 Å². The van der Waals surface area contributed by atoms with Crippen LogP contribution >= 0.6 is 11.6 Å². The van der Waals surface area contributed by atoms with Gasteiger partial charge in [0, 0.05) is 20.2 Å². The molecule has 0 bridgehead atoms. The summed E-state index contributed by atoms with van der Waals surface area (Å²) in [5.74, 6) is 0.464. The molecule has 1 fully saturated rings. The molecule has 0 radical (unpaired) electrons. The number of hydrogen-bond acceptors (Lipinski definition) is 2. The molecule has 1 atom stereocenters. The lowest BCUT2D eigenvalue weighted by Gasteiger charge is -2.25. The van der Waals surface area contributed by atoms with Crippen molar-refractivity contribution in [3.05, 3.63) is 0 Å². The molecule has 0 aliphatic carbocycles. The molecule has 3 nitrogen and oxygen atoms in total. The Hall–Kier alpha value is -0.280.